The lowest BCUT2D eigenvalue weighted by Gasteiger charge is -2.25. The van der Waals surface area contributed by atoms with Gasteiger partial charge in [0.15, 0.2) is 6.29 Å². The van der Waals surface area contributed by atoms with Crippen LogP contribution in [0.3, 0.4) is 0 Å². The van der Waals surface area contributed by atoms with Gasteiger partial charge in [0.1, 0.15) is 12.7 Å². The number of hydrogen-bond donors (Lipinski definition) is 2. The zero-order valence-corrected chi connectivity index (χ0v) is 16.3. The summed E-state index contributed by atoms with van der Waals surface area (Å²) < 4.78 is 1.90. The van der Waals surface area contributed by atoms with Gasteiger partial charge in [-0.25, -0.2) is 9.67 Å². The Labute approximate surface area is 149 Å². The van der Waals surface area contributed by atoms with Gasteiger partial charge < -0.3 is 0 Å². The van der Waals surface area contributed by atoms with Gasteiger partial charge in [0.25, 0.3) is 0 Å². The first kappa shape index (κ1) is 21.1. The summed E-state index contributed by atoms with van der Waals surface area (Å²) in [5.74, 6) is 1.47. The molecule has 0 radical (unpaired) electrons. The summed E-state index contributed by atoms with van der Waals surface area (Å²) in [5, 5.41) is 11.7. The molecule has 0 saturated carbocycles. The van der Waals surface area contributed by atoms with E-state index >= 15 is 0 Å². The summed E-state index contributed by atoms with van der Waals surface area (Å²) >= 11 is 0. The van der Waals surface area contributed by atoms with Crippen molar-refractivity contribution in [3.63, 3.8) is 0 Å². The molecular weight excluding hydrogens is 298 g/mol. The SMILES string of the molecule is CCCCC(CC)CNC(NCC(CC)CCCC)n1cncn1. The number of nitrogens with zero attached hydrogens (tertiary/aromatic N) is 3. The monoisotopic (exact) mass is 337 g/mol. The van der Waals surface area contributed by atoms with Crippen LogP contribution in [0.4, 0.5) is 0 Å². The zero-order valence-electron chi connectivity index (χ0n) is 16.3. The molecule has 1 heterocycles. The van der Waals surface area contributed by atoms with Crippen LogP contribution < -0.4 is 10.6 Å². The molecule has 0 saturated heterocycles. The topological polar surface area (TPSA) is 54.8 Å². The number of unbranched alkanes of at least 4 members (excludes halogenated alkanes) is 2. The first-order chi connectivity index (χ1) is 11.7. The molecule has 2 atom stereocenters. The molecule has 1 aromatic rings. The molecule has 0 aliphatic heterocycles. The Morgan fingerprint density at radius 2 is 1.42 bits per heavy atom. The molecule has 0 aromatic carbocycles. The normalized spacial score (nSPS) is 15.3. The molecule has 0 fully saturated rings. The Morgan fingerprint density at radius 1 is 0.875 bits per heavy atom. The van der Waals surface area contributed by atoms with Crippen LogP contribution in [-0.2, 0) is 0 Å². The van der Waals surface area contributed by atoms with Crippen molar-refractivity contribution >= 4 is 0 Å². The highest BCUT2D eigenvalue weighted by atomic mass is 15.5. The van der Waals surface area contributed by atoms with Crippen LogP contribution in [0.2, 0.25) is 0 Å². The van der Waals surface area contributed by atoms with Gasteiger partial charge in [0, 0.05) is 13.1 Å². The summed E-state index contributed by atoms with van der Waals surface area (Å²) in [6.45, 7) is 11.2. The standard InChI is InChI=1S/C19H39N5/c1-5-9-11-17(7-3)13-21-19(24-16-20-15-23-24)22-14-18(8-4)12-10-6-2/h15-19,21-22H,5-14H2,1-4H3. The fourth-order valence-corrected chi connectivity index (χ4v) is 3.05. The fourth-order valence-electron chi connectivity index (χ4n) is 3.05. The molecule has 1 aromatic heterocycles. The lowest BCUT2D eigenvalue weighted by Crippen LogP contribution is -2.43. The van der Waals surface area contributed by atoms with Crippen LogP contribution in [0.5, 0.6) is 0 Å². The quantitative estimate of drug-likeness (QED) is 0.467. The van der Waals surface area contributed by atoms with E-state index in [0.29, 0.717) is 0 Å². The van der Waals surface area contributed by atoms with Crippen molar-refractivity contribution in [3.05, 3.63) is 12.7 Å². The molecule has 5 nitrogen and oxygen atoms in total. The Bertz CT molecular complexity index is 359. The first-order valence-electron chi connectivity index (χ1n) is 10.1. The first-order valence-corrected chi connectivity index (χ1v) is 10.1. The van der Waals surface area contributed by atoms with Crippen LogP contribution >= 0.6 is 0 Å². The van der Waals surface area contributed by atoms with E-state index in [1.165, 1.54) is 51.4 Å². The van der Waals surface area contributed by atoms with Crippen molar-refractivity contribution in [2.75, 3.05) is 13.1 Å². The Hall–Kier alpha value is -0.940. The summed E-state index contributed by atoms with van der Waals surface area (Å²) in [6.07, 6.45) is 13.7. The van der Waals surface area contributed by atoms with E-state index < -0.39 is 0 Å². The van der Waals surface area contributed by atoms with Gasteiger partial charge in [0.05, 0.1) is 0 Å². The summed E-state index contributed by atoms with van der Waals surface area (Å²) in [7, 11) is 0. The van der Waals surface area contributed by atoms with Crippen LogP contribution in [0.1, 0.15) is 85.4 Å². The molecule has 140 valence electrons. The maximum Gasteiger partial charge on any atom is 0.157 e. The highest BCUT2D eigenvalue weighted by Gasteiger charge is 2.15. The summed E-state index contributed by atoms with van der Waals surface area (Å²) in [6, 6.07) is 0. The van der Waals surface area contributed by atoms with Crippen molar-refractivity contribution in [1.29, 1.82) is 0 Å². The molecule has 0 spiro atoms. The highest BCUT2D eigenvalue weighted by molar-refractivity contribution is 4.71. The third-order valence-corrected chi connectivity index (χ3v) is 4.99. The lowest BCUT2D eigenvalue weighted by molar-refractivity contribution is 0.254. The number of nitrogens with one attached hydrogen (secondary N) is 2. The third kappa shape index (κ3) is 8.25. The Morgan fingerprint density at radius 3 is 1.79 bits per heavy atom. The van der Waals surface area contributed by atoms with Crippen LogP contribution in [0.15, 0.2) is 12.7 Å². The minimum absolute atomic E-state index is 0.0406. The molecule has 2 N–H and O–H groups in total. The van der Waals surface area contributed by atoms with Gasteiger partial charge in [-0.2, -0.15) is 5.10 Å². The van der Waals surface area contributed by atoms with Gasteiger partial charge in [0.2, 0.25) is 0 Å². The van der Waals surface area contributed by atoms with E-state index in [4.69, 9.17) is 0 Å². The van der Waals surface area contributed by atoms with Gasteiger partial charge >= 0.3 is 0 Å². The van der Waals surface area contributed by atoms with Crippen LogP contribution in [-0.4, -0.2) is 27.9 Å². The van der Waals surface area contributed by atoms with Crippen molar-refractivity contribution in [2.45, 2.75) is 85.4 Å². The smallest absolute Gasteiger partial charge is 0.157 e. The van der Waals surface area contributed by atoms with E-state index in [-0.39, 0.29) is 6.29 Å². The van der Waals surface area contributed by atoms with E-state index in [2.05, 4.69) is 48.4 Å². The Balaban J connectivity index is 2.52. The maximum absolute atomic E-state index is 4.33. The summed E-state index contributed by atoms with van der Waals surface area (Å²) in [5.41, 5.74) is 0. The summed E-state index contributed by atoms with van der Waals surface area (Å²) in [4.78, 5) is 4.11. The second-order valence-corrected chi connectivity index (χ2v) is 6.93. The molecule has 2 unspecified atom stereocenters. The predicted molar refractivity (Wildman–Crippen MR) is 102 cm³/mol. The zero-order chi connectivity index (χ0) is 17.6. The fraction of sp³-hybridized carbons (Fsp3) is 0.895. The number of aromatic nitrogens is 3. The molecule has 5 heteroatoms. The van der Waals surface area contributed by atoms with Gasteiger partial charge in [-0.3, -0.25) is 10.6 Å². The predicted octanol–water partition coefficient (Wildman–Crippen LogP) is 4.35. The van der Waals surface area contributed by atoms with Gasteiger partial charge in [-0.15, -0.1) is 0 Å². The second-order valence-electron chi connectivity index (χ2n) is 6.93. The van der Waals surface area contributed by atoms with E-state index in [0.717, 1.165) is 24.9 Å². The van der Waals surface area contributed by atoms with E-state index in [1.807, 2.05) is 4.68 Å². The largest absolute Gasteiger partial charge is 0.283 e. The molecule has 0 aliphatic rings. The van der Waals surface area contributed by atoms with Gasteiger partial charge in [-0.1, -0.05) is 66.2 Å². The van der Waals surface area contributed by atoms with Crippen LogP contribution in [0.25, 0.3) is 0 Å². The van der Waals surface area contributed by atoms with Crippen molar-refractivity contribution in [1.82, 2.24) is 25.4 Å². The van der Waals surface area contributed by atoms with E-state index in [1.54, 1.807) is 12.7 Å². The molecule has 1 rings (SSSR count). The van der Waals surface area contributed by atoms with Gasteiger partial charge in [-0.05, 0) is 24.7 Å². The lowest BCUT2D eigenvalue weighted by atomic mass is 9.99. The molecule has 24 heavy (non-hydrogen) atoms. The molecule has 0 aliphatic carbocycles. The third-order valence-electron chi connectivity index (χ3n) is 4.99. The minimum atomic E-state index is 0.0406. The molecule has 0 bridgehead atoms. The van der Waals surface area contributed by atoms with Crippen molar-refractivity contribution < 1.29 is 0 Å². The molecule has 0 amide bonds. The van der Waals surface area contributed by atoms with Crippen molar-refractivity contribution in [2.24, 2.45) is 11.8 Å². The highest BCUT2D eigenvalue weighted by Crippen LogP contribution is 2.14. The van der Waals surface area contributed by atoms with E-state index in [9.17, 15) is 0 Å². The average molecular weight is 338 g/mol. The molecular formula is C19H39N5. The number of rotatable bonds is 15. The maximum atomic E-state index is 4.33. The average Bonchev–Trinajstić information content (AvgIpc) is 3.14. The Kier molecular flexibility index (Phi) is 11.7. The minimum Gasteiger partial charge on any atom is -0.283 e. The van der Waals surface area contributed by atoms with Crippen LogP contribution in [0, 0.1) is 11.8 Å². The van der Waals surface area contributed by atoms with Crippen molar-refractivity contribution in [3.8, 4) is 0 Å². The number of hydrogen-bond acceptors (Lipinski definition) is 4. The second kappa shape index (κ2) is 13.4.